The molecule has 0 aromatic heterocycles. The average molecular weight is 324 g/mol. The van der Waals surface area contributed by atoms with Crippen LogP contribution in [0.2, 0.25) is 0 Å². The van der Waals surface area contributed by atoms with Gasteiger partial charge in [-0.2, -0.15) is 0 Å². The zero-order valence-corrected chi connectivity index (χ0v) is 13.8. The molecule has 0 radical (unpaired) electrons. The second-order valence-electron chi connectivity index (χ2n) is 5.74. The number of carbonyl (C=O) groups is 1. The molecule has 5 nitrogen and oxygen atoms in total. The number of sulfonamides is 1. The maximum Gasteiger partial charge on any atom is 0.251 e. The van der Waals surface area contributed by atoms with Gasteiger partial charge in [0.25, 0.3) is 5.91 Å². The Bertz CT molecular complexity index is 590. The minimum atomic E-state index is -3.50. The Labute approximate surface area is 132 Å². The van der Waals surface area contributed by atoms with Crippen molar-refractivity contribution in [3.63, 3.8) is 0 Å². The Hall–Kier alpha value is -1.40. The van der Waals surface area contributed by atoms with E-state index in [1.54, 1.807) is 12.1 Å². The van der Waals surface area contributed by atoms with Crippen molar-refractivity contribution in [2.24, 2.45) is 0 Å². The van der Waals surface area contributed by atoms with Gasteiger partial charge in [0.05, 0.1) is 4.90 Å². The molecule has 1 amide bonds. The normalized spacial score (nSPS) is 16.4. The van der Waals surface area contributed by atoms with E-state index in [9.17, 15) is 13.2 Å². The second-order valence-corrected chi connectivity index (χ2v) is 7.45. The third-order valence-electron chi connectivity index (χ3n) is 3.89. The van der Waals surface area contributed by atoms with E-state index in [1.807, 2.05) is 6.92 Å². The molecule has 0 saturated heterocycles. The number of hydrogen-bond donors (Lipinski definition) is 2. The standard InChI is InChI=1S/C16H24N2O3S/c1-2-12-17-16(19)13-8-10-15(11-9-13)22(20,21)18-14-6-4-3-5-7-14/h8-11,14,18H,2-7,12H2,1H3,(H,17,19). The van der Waals surface area contributed by atoms with Gasteiger partial charge in [-0.25, -0.2) is 13.1 Å². The van der Waals surface area contributed by atoms with Gasteiger partial charge in [-0.15, -0.1) is 0 Å². The highest BCUT2D eigenvalue weighted by Gasteiger charge is 2.21. The fourth-order valence-corrected chi connectivity index (χ4v) is 3.94. The maximum atomic E-state index is 12.3. The van der Waals surface area contributed by atoms with Crippen LogP contribution in [0.15, 0.2) is 29.2 Å². The lowest BCUT2D eigenvalue weighted by Crippen LogP contribution is -2.36. The summed E-state index contributed by atoms with van der Waals surface area (Å²) in [5.74, 6) is -0.175. The Morgan fingerprint density at radius 1 is 1.14 bits per heavy atom. The highest BCUT2D eigenvalue weighted by Crippen LogP contribution is 2.20. The highest BCUT2D eigenvalue weighted by molar-refractivity contribution is 7.89. The molecule has 1 aromatic carbocycles. The lowest BCUT2D eigenvalue weighted by Gasteiger charge is -2.22. The molecule has 0 unspecified atom stereocenters. The molecule has 122 valence electrons. The molecular weight excluding hydrogens is 300 g/mol. The molecule has 1 aromatic rings. The van der Waals surface area contributed by atoms with Gasteiger partial charge in [0.15, 0.2) is 0 Å². The van der Waals surface area contributed by atoms with E-state index in [2.05, 4.69) is 10.0 Å². The molecular formula is C16H24N2O3S. The lowest BCUT2D eigenvalue weighted by molar-refractivity contribution is 0.0953. The van der Waals surface area contributed by atoms with Gasteiger partial charge in [-0.05, 0) is 43.5 Å². The summed E-state index contributed by atoms with van der Waals surface area (Å²) in [4.78, 5) is 12.0. The molecule has 0 bridgehead atoms. The van der Waals surface area contributed by atoms with Crippen LogP contribution in [-0.4, -0.2) is 26.9 Å². The van der Waals surface area contributed by atoms with Gasteiger partial charge in [0, 0.05) is 18.2 Å². The number of rotatable bonds is 6. The summed E-state index contributed by atoms with van der Waals surface area (Å²) in [6, 6.07) is 6.13. The molecule has 0 heterocycles. The topological polar surface area (TPSA) is 75.3 Å². The highest BCUT2D eigenvalue weighted by atomic mass is 32.2. The van der Waals surface area contributed by atoms with Gasteiger partial charge in [-0.3, -0.25) is 4.79 Å². The van der Waals surface area contributed by atoms with Gasteiger partial charge >= 0.3 is 0 Å². The minimum absolute atomic E-state index is 0.0336. The van der Waals surface area contributed by atoms with Crippen molar-refractivity contribution in [1.82, 2.24) is 10.0 Å². The van der Waals surface area contributed by atoms with E-state index in [0.717, 1.165) is 32.1 Å². The third kappa shape index (κ3) is 4.55. The number of amides is 1. The summed E-state index contributed by atoms with van der Waals surface area (Å²) in [5, 5.41) is 2.77. The summed E-state index contributed by atoms with van der Waals surface area (Å²) in [5.41, 5.74) is 0.477. The van der Waals surface area contributed by atoms with Crippen LogP contribution in [-0.2, 0) is 10.0 Å². The summed E-state index contributed by atoms with van der Waals surface area (Å²) in [7, 11) is -3.50. The summed E-state index contributed by atoms with van der Waals surface area (Å²) in [6.45, 7) is 2.59. The fourth-order valence-electron chi connectivity index (χ4n) is 2.63. The monoisotopic (exact) mass is 324 g/mol. The molecule has 0 aliphatic heterocycles. The number of benzene rings is 1. The van der Waals surface area contributed by atoms with Crippen LogP contribution in [0.1, 0.15) is 55.8 Å². The zero-order valence-electron chi connectivity index (χ0n) is 13.0. The van der Waals surface area contributed by atoms with E-state index in [0.29, 0.717) is 12.1 Å². The molecule has 0 spiro atoms. The van der Waals surface area contributed by atoms with E-state index in [4.69, 9.17) is 0 Å². The van der Waals surface area contributed by atoms with Crippen LogP contribution >= 0.6 is 0 Å². The van der Waals surface area contributed by atoms with E-state index < -0.39 is 10.0 Å². The Balaban J connectivity index is 2.03. The Morgan fingerprint density at radius 3 is 2.36 bits per heavy atom. The van der Waals surface area contributed by atoms with Crippen LogP contribution < -0.4 is 10.0 Å². The predicted octanol–water partition coefficient (Wildman–Crippen LogP) is 2.44. The molecule has 1 aliphatic carbocycles. The lowest BCUT2D eigenvalue weighted by atomic mass is 9.96. The summed E-state index contributed by atoms with van der Waals surface area (Å²) in [6.07, 6.45) is 5.99. The molecule has 1 aliphatic rings. The van der Waals surface area contributed by atoms with Crippen LogP contribution in [0.5, 0.6) is 0 Å². The van der Waals surface area contributed by atoms with E-state index >= 15 is 0 Å². The quantitative estimate of drug-likeness (QED) is 0.844. The average Bonchev–Trinajstić information content (AvgIpc) is 2.53. The predicted molar refractivity (Wildman–Crippen MR) is 86.3 cm³/mol. The second kappa shape index (κ2) is 7.74. The molecule has 2 rings (SSSR count). The Morgan fingerprint density at radius 2 is 1.77 bits per heavy atom. The van der Waals surface area contributed by atoms with Crippen molar-refractivity contribution in [2.75, 3.05) is 6.54 Å². The van der Waals surface area contributed by atoms with E-state index in [-0.39, 0.29) is 16.8 Å². The van der Waals surface area contributed by atoms with Crippen molar-refractivity contribution < 1.29 is 13.2 Å². The Kier molecular flexibility index (Phi) is 5.97. The number of nitrogens with one attached hydrogen (secondary N) is 2. The molecule has 2 N–H and O–H groups in total. The first-order valence-corrected chi connectivity index (χ1v) is 9.42. The van der Waals surface area contributed by atoms with Crippen LogP contribution in [0, 0.1) is 0 Å². The number of carbonyl (C=O) groups excluding carboxylic acids is 1. The van der Waals surface area contributed by atoms with Crippen molar-refractivity contribution in [3.8, 4) is 0 Å². The number of hydrogen-bond acceptors (Lipinski definition) is 3. The first-order chi connectivity index (χ1) is 10.5. The first-order valence-electron chi connectivity index (χ1n) is 7.93. The third-order valence-corrected chi connectivity index (χ3v) is 5.43. The van der Waals surface area contributed by atoms with Crippen molar-refractivity contribution >= 4 is 15.9 Å². The molecule has 1 saturated carbocycles. The van der Waals surface area contributed by atoms with Crippen molar-refractivity contribution in [2.45, 2.75) is 56.4 Å². The van der Waals surface area contributed by atoms with E-state index in [1.165, 1.54) is 18.6 Å². The largest absolute Gasteiger partial charge is 0.352 e. The van der Waals surface area contributed by atoms with Crippen LogP contribution in [0.25, 0.3) is 0 Å². The smallest absolute Gasteiger partial charge is 0.251 e. The van der Waals surface area contributed by atoms with Gasteiger partial charge in [0.2, 0.25) is 10.0 Å². The molecule has 22 heavy (non-hydrogen) atoms. The first kappa shape index (κ1) is 17.0. The van der Waals surface area contributed by atoms with Crippen LogP contribution in [0.3, 0.4) is 0 Å². The fraction of sp³-hybridized carbons (Fsp3) is 0.562. The van der Waals surface area contributed by atoms with Gasteiger partial charge in [-0.1, -0.05) is 26.2 Å². The zero-order chi connectivity index (χ0) is 16.0. The van der Waals surface area contributed by atoms with Crippen molar-refractivity contribution in [3.05, 3.63) is 29.8 Å². The molecule has 6 heteroatoms. The minimum Gasteiger partial charge on any atom is -0.352 e. The SMILES string of the molecule is CCCNC(=O)c1ccc(S(=O)(=O)NC2CCCCC2)cc1. The summed E-state index contributed by atoms with van der Waals surface area (Å²) >= 11 is 0. The van der Waals surface area contributed by atoms with Crippen molar-refractivity contribution in [1.29, 1.82) is 0 Å². The molecule has 0 atom stereocenters. The molecule has 1 fully saturated rings. The van der Waals surface area contributed by atoms with Gasteiger partial charge < -0.3 is 5.32 Å². The summed E-state index contributed by atoms with van der Waals surface area (Å²) < 4.78 is 27.4. The maximum absolute atomic E-state index is 12.3. The van der Waals surface area contributed by atoms with Gasteiger partial charge in [0.1, 0.15) is 0 Å². The van der Waals surface area contributed by atoms with Crippen LogP contribution in [0.4, 0.5) is 0 Å².